The van der Waals surface area contributed by atoms with Gasteiger partial charge in [-0.1, -0.05) is 23.9 Å². The number of nitrogens with one attached hydrogen (secondary N) is 3. The van der Waals surface area contributed by atoms with E-state index < -0.39 is 52.5 Å². The van der Waals surface area contributed by atoms with Gasteiger partial charge in [0.25, 0.3) is 11.5 Å². The average molecular weight is 722 g/mol. The fourth-order valence-corrected chi connectivity index (χ4v) is 7.62. The zero-order chi connectivity index (χ0) is 35.7. The first-order chi connectivity index (χ1) is 23.9. The highest BCUT2D eigenvalue weighted by Gasteiger charge is 2.55. The SMILES string of the molecule is Cn1nnnc1SCC1=C(C(=O)O)N2C(=O)C(NC(=O)C(c3ccc(O)cc3)N(C(N)=O)c3cnc(Nc4ccc(O)cc4)[nH]c3=O)[C@@H]2SC1. The monoisotopic (exact) mass is 721 g/mol. The molecule has 2 aromatic heterocycles. The van der Waals surface area contributed by atoms with Gasteiger partial charge in [-0.2, -0.15) is 0 Å². The topological polar surface area (TPSA) is 275 Å². The van der Waals surface area contributed by atoms with E-state index in [1.54, 1.807) is 7.05 Å². The van der Waals surface area contributed by atoms with Crippen molar-refractivity contribution >= 4 is 64.7 Å². The second kappa shape index (κ2) is 13.8. The summed E-state index contributed by atoms with van der Waals surface area (Å²) < 4.78 is 1.43. The predicted molar refractivity (Wildman–Crippen MR) is 178 cm³/mol. The van der Waals surface area contributed by atoms with Crippen molar-refractivity contribution in [2.45, 2.75) is 22.6 Å². The number of aromatic amines is 1. The summed E-state index contributed by atoms with van der Waals surface area (Å²) in [6, 6.07) is 7.05. The lowest BCUT2D eigenvalue weighted by Gasteiger charge is -2.49. The number of hydrogen-bond acceptors (Lipinski definition) is 14. The number of phenols is 2. The summed E-state index contributed by atoms with van der Waals surface area (Å²) in [6.07, 6.45) is 1.03. The molecule has 2 unspecified atom stereocenters. The number of aromatic hydroxyl groups is 2. The lowest BCUT2D eigenvalue weighted by Crippen LogP contribution is -2.71. The van der Waals surface area contributed by atoms with Gasteiger partial charge in [-0.25, -0.2) is 19.3 Å². The van der Waals surface area contributed by atoms with Gasteiger partial charge in [0.15, 0.2) is 0 Å². The summed E-state index contributed by atoms with van der Waals surface area (Å²) in [5.41, 5.74) is 5.32. The van der Waals surface area contributed by atoms with Crippen LogP contribution in [0.15, 0.2) is 75.9 Å². The number of primary amides is 1. The summed E-state index contributed by atoms with van der Waals surface area (Å²) in [7, 11) is 1.63. The van der Waals surface area contributed by atoms with Gasteiger partial charge in [-0.3, -0.25) is 29.2 Å². The first kappa shape index (κ1) is 33.8. The zero-order valence-electron chi connectivity index (χ0n) is 25.7. The minimum atomic E-state index is -1.64. The Labute approximate surface area is 289 Å². The number of nitrogens with two attached hydrogens (primary N) is 1. The van der Waals surface area contributed by atoms with E-state index in [1.165, 1.54) is 76.7 Å². The molecule has 3 atom stereocenters. The molecule has 1 saturated heterocycles. The van der Waals surface area contributed by atoms with Crippen molar-refractivity contribution in [2.75, 3.05) is 21.7 Å². The molecule has 4 aromatic rings. The number of nitrogens with zero attached hydrogens (tertiary/aromatic N) is 7. The van der Waals surface area contributed by atoms with E-state index in [0.29, 0.717) is 21.3 Å². The van der Waals surface area contributed by atoms with Crippen LogP contribution in [0.4, 0.5) is 22.1 Å². The van der Waals surface area contributed by atoms with E-state index >= 15 is 0 Å². The van der Waals surface area contributed by atoms with Gasteiger partial charge in [0.2, 0.25) is 17.0 Å². The Morgan fingerprint density at radius 1 is 1.12 bits per heavy atom. The number of benzene rings is 2. The number of rotatable bonds is 11. The van der Waals surface area contributed by atoms with E-state index in [2.05, 4.69) is 36.1 Å². The Bertz CT molecular complexity index is 2070. The molecule has 0 bridgehead atoms. The highest BCUT2D eigenvalue weighted by atomic mass is 32.2. The Morgan fingerprint density at radius 2 is 1.80 bits per heavy atom. The van der Waals surface area contributed by atoms with Gasteiger partial charge < -0.3 is 31.7 Å². The van der Waals surface area contributed by atoms with Gasteiger partial charge in [0, 0.05) is 24.2 Å². The third kappa shape index (κ3) is 6.62. The Kier molecular flexibility index (Phi) is 9.33. The molecule has 1 fully saturated rings. The van der Waals surface area contributed by atoms with Crippen LogP contribution in [0.3, 0.4) is 0 Å². The standard InChI is InChI=1S/C29H27N11O8S2/c1-38-29(35-36-37-38)50-12-14-11-49-25-19(24(45)40(25)21(14)26(46)47)33-23(44)20(13-2-6-16(41)7-3-13)39(27(30)48)18-10-31-28(34-22(18)43)32-15-4-8-17(42)9-5-15/h2-10,19-20,25,41-42H,11-12H2,1H3,(H2,30,48)(H,33,44)(H,46,47)(H2,31,32,34,43)/t19?,20?,25-/m0/s1. The minimum Gasteiger partial charge on any atom is -0.508 e. The molecule has 6 rings (SSSR count). The van der Waals surface area contributed by atoms with Crippen molar-refractivity contribution in [3.05, 3.63) is 81.9 Å². The molecule has 4 heterocycles. The number of phenolic OH excluding ortho intramolecular Hbond substituents is 2. The van der Waals surface area contributed by atoms with E-state index in [4.69, 9.17) is 5.73 Å². The molecule has 0 spiro atoms. The first-order valence-electron chi connectivity index (χ1n) is 14.5. The number of aromatic nitrogens is 6. The molecule has 0 saturated carbocycles. The molecule has 2 aliphatic rings. The number of carbonyl (C=O) groups is 4. The predicted octanol–water partition coefficient (Wildman–Crippen LogP) is 0.606. The van der Waals surface area contributed by atoms with Crippen molar-refractivity contribution in [3.63, 3.8) is 0 Å². The minimum absolute atomic E-state index is 0.0245. The number of hydrogen-bond donors (Lipinski definition) is 7. The molecular formula is C29H27N11O8S2. The molecular weight excluding hydrogens is 695 g/mol. The lowest BCUT2D eigenvalue weighted by molar-refractivity contribution is -0.150. The molecule has 19 nitrogen and oxygen atoms in total. The second-order valence-corrected chi connectivity index (χ2v) is 12.9. The van der Waals surface area contributed by atoms with Crippen molar-refractivity contribution in [1.29, 1.82) is 0 Å². The maximum Gasteiger partial charge on any atom is 0.352 e. The summed E-state index contributed by atoms with van der Waals surface area (Å²) in [6.45, 7) is 0. The van der Waals surface area contributed by atoms with E-state index in [-0.39, 0.29) is 40.2 Å². The summed E-state index contributed by atoms with van der Waals surface area (Å²) in [5, 5.41) is 45.8. The van der Waals surface area contributed by atoms with Crippen molar-refractivity contribution in [3.8, 4) is 11.5 Å². The van der Waals surface area contributed by atoms with Crippen LogP contribution in [0.1, 0.15) is 11.6 Å². The van der Waals surface area contributed by atoms with E-state index in [0.717, 1.165) is 11.1 Å². The number of anilines is 3. The van der Waals surface area contributed by atoms with Crippen LogP contribution in [0.25, 0.3) is 0 Å². The second-order valence-electron chi connectivity index (χ2n) is 10.8. The molecule has 8 N–H and O–H groups in total. The van der Waals surface area contributed by atoms with Gasteiger partial charge in [-0.15, -0.1) is 16.9 Å². The molecule has 258 valence electrons. The fourth-order valence-electron chi connectivity index (χ4n) is 5.29. The van der Waals surface area contributed by atoms with Crippen molar-refractivity contribution < 1.29 is 34.5 Å². The number of carbonyl (C=O) groups excluding carboxylic acids is 3. The number of aryl methyl sites for hydroxylation is 1. The van der Waals surface area contributed by atoms with Crippen LogP contribution in [-0.4, -0.2) is 97.1 Å². The fraction of sp³-hybridized carbons (Fsp3) is 0.207. The molecule has 21 heteroatoms. The molecule has 50 heavy (non-hydrogen) atoms. The van der Waals surface area contributed by atoms with Gasteiger partial charge in [-0.05, 0) is 58.0 Å². The van der Waals surface area contributed by atoms with Crippen molar-refractivity contribution in [2.24, 2.45) is 12.8 Å². The third-order valence-corrected chi connectivity index (χ3v) is 10.1. The number of tetrazole rings is 1. The van der Waals surface area contributed by atoms with Crippen LogP contribution in [0.2, 0.25) is 0 Å². The van der Waals surface area contributed by atoms with Crippen LogP contribution in [0, 0.1) is 0 Å². The molecule has 4 amide bonds. The summed E-state index contributed by atoms with van der Waals surface area (Å²) in [4.78, 5) is 74.5. The number of fused-ring (bicyclic) bond motifs is 1. The number of carboxylic acid groups (broad SMARTS) is 1. The maximum atomic E-state index is 14.0. The van der Waals surface area contributed by atoms with Gasteiger partial charge in [0.1, 0.15) is 40.3 Å². The number of thioether (sulfide) groups is 2. The number of amides is 4. The average Bonchev–Trinajstić information content (AvgIpc) is 3.50. The highest BCUT2D eigenvalue weighted by molar-refractivity contribution is 8.01. The van der Waals surface area contributed by atoms with Gasteiger partial charge in [0.05, 0.1) is 6.20 Å². The molecule has 2 aliphatic heterocycles. The number of H-pyrrole nitrogens is 1. The number of carboxylic acids is 1. The molecule has 2 aromatic carbocycles. The van der Waals surface area contributed by atoms with Gasteiger partial charge >= 0.3 is 12.0 Å². The van der Waals surface area contributed by atoms with Crippen LogP contribution in [0.5, 0.6) is 11.5 Å². The Morgan fingerprint density at radius 3 is 2.40 bits per heavy atom. The third-order valence-electron chi connectivity index (χ3n) is 7.63. The Hall–Kier alpha value is -6.09. The lowest BCUT2D eigenvalue weighted by atomic mass is 10.00. The van der Waals surface area contributed by atoms with Crippen LogP contribution < -0.4 is 26.8 Å². The zero-order valence-corrected chi connectivity index (χ0v) is 27.4. The highest BCUT2D eigenvalue weighted by Crippen LogP contribution is 2.42. The molecule has 0 aliphatic carbocycles. The largest absolute Gasteiger partial charge is 0.508 e. The number of aliphatic carboxylic acids is 1. The Balaban J connectivity index is 1.26. The quantitative estimate of drug-likeness (QED) is 0.0635. The number of urea groups is 1. The van der Waals surface area contributed by atoms with Crippen molar-refractivity contribution in [1.82, 2.24) is 40.4 Å². The molecule has 0 radical (unpaired) electrons. The first-order valence-corrected chi connectivity index (χ1v) is 16.5. The smallest absolute Gasteiger partial charge is 0.352 e. The normalized spacial score (nSPS) is 17.4. The summed E-state index contributed by atoms with van der Waals surface area (Å²) in [5.74, 6) is -2.68. The van der Waals surface area contributed by atoms with Crippen LogP contribution >= 0.6 is 23.5 Å². The number of β-lactam (4-membered cyclic amide) rings is 1. The summed E-state index contributed by atoms with van der Waals surface area (Å²) >= 11 is 2.44. The maximum absolute atomic E-state index is 14.0. The van der Waals surface area contributed by atoms with E-state index in [1.807, 2.05) is 0 Å². The van der Waals surface area contributed by atoms with Crippen LogP contribution in [-0.2, 0) is 21.4 Å². The van der Waals surface area contributed by atoms with E-state index in [9.17, 15) is 39.3 Å².